The van der Waals surface area contributed by atoms with E-state index in [0.29, 0.717) is 0 Å². The number of carbonyl (C=O) groups excluding carboxylic acids is 1. The van der Waals surface area contributed by atoms with Gasteiger partial charge in [0.2, 0.25) is 5.91 Å². The number of amides is 1. The molecule has 1 spiro atoms. The lowest BCUT2D eigenvalue weighted by atomic mass is 9.98. The van der Waals surface area contributed by atoms with Crippen LogP contribution in [0.5, 0.6) is 0 Å². The van der Waals surface area contributed by atoms with E-state index in [2.05, 4.69) is 10.6 Å². The van der Waals surface area contributed by atoms with E-state index in [4.69, 9.17) is 0 Å². The summed E-state index contributed by atoms with van der Waals surface area (Å²) in [6.07, 6.45) is 4.58. The van der Waals surface area contributed by atoms with Crippen LogP contribution in [0.25, 0.3) is 0 Å². The van der Waals surface area contributed by atoms with E-state index in [1.807, 2.05) is 6.92 Å². The van der Waals surface area contributed by atoms with E-state index in [1.54, 1.807) is 0 Å². The molecule has 2 rings (SSSR count). The largest absolute Gasteiger partial charge is 0.339 e. The highest BCUT2D eigenvalue weighted by Crippen LogP contribution is 2.32. The maximum absolute atomic E-state index is 11.4. The topological polar surface area (TPSA) is 41.1 Å². The lowest BCUT2D eigenvalue weighted by Gasteiger charge is -2.19. The molecule has 2 N–H and O–H groups in total. The summed E-state index contributed by atoms with van der Waals surface area (Å²) >= 11 is 0. The van der Waals surface area contributed by atoms with Crippen LogP contribution in [-0.4, -0.2) is 17.6 Å². The summed E-state index contributed by atoms with van der Waals surface area (Å²) in [6.45, 7) is 1.99. The highest BCUT2D eigenvalue weighted by Gasteiger charge is 2.46. The summed E-state index contributed by atoms with van der Waals surface area (Å²) in [4.78, 5) is 11.4. The van der Waals surface area contributed by atoms with Crippen LogP contribution in [0.2, 0.25) is 0 Å². The Hall–Kier alpha value is -0.570. The highest BCUT2D eigenvalue weighted by molar-refractivity contribution is 5.88. The van der Waals surface area contributed by atoms with Gasteiger partial charge in [0.05, 0.1) is 11.7 Å². The highest BCUT2D eigenvalue weighted by atomic mass is 16.2. The molecular formula is C8H14N2O. The molecule has 3 nitrogen and oxygen atoms in total. The van der Waals surface area contributed by atoms with Crippen molar-refractivity contribution in [3.8, 4) is 0 Å². The molecule has 1 heterocycles. The summed E-state index contributed by atoms with van der Waals surface area (Å²) in [5.41, 5.74) is -0.181. The van der Waals surface area contributed by atoms with Gasteiger partial charge in [-0.3, -0.25) is 10.1 Å². The second-order valence-electron chi connectivity index (χ2n) is 3.63. The predicted molar refractivity (Wildman–Crippen MR) is 41.9 cm³/mol. The van der Waals surface area contributed by atoms with Crippen LogP contribution in [0.3, 0.4) is 0 Å². The number of carbonyl (C=O) groups is 1. The zero-order chi connectivity index (χ0) is 7.90. The second-order valence-corrected chi connectivity index (χ2v) is 3.63. The number of hydrogen-bond donors (Lipinski definition) is 2. The standard InChI is InChI=1S/C8H14N2O/c1-6-9-7(11)8(10-6)4-2-3-5-8/h6,10H,2-5H2,1H3,(H,9,11). The molecule has 1 aliphatic carbocycles. The van der Waals surface area contributed by atoms with Crippen molar-refractivity contribution in [1.29, 1.82) is 0 Å². The maximum Gasteiger partial charge on any atom is 0.241 e. The molecule has 0 radical (unpaired) electrons. The van der Waals surface area contributed by atoms with Gasteiger partial charge in [-0.05, 0) is 19.8 Å². The third-order valence-electron chi connectivity index (χ3n) is 2.73. The summed E-state index contributed by atoms with van der Waals surface area (Å²) in [5, 5.41) is 6.22. The fourth-order valence-electron chi connectivity index (χ4n) is 2.20. The van der Waals surface area contributed by atoms with E-state index in [9.17, 15) is 4.79 Å². The smallest absolute Gasteiger partial charge is 0.241 e. The molecule has 1 saturated heterocycles. The number of nitrogens with one attached hydrogen (secondary N) is 2. The van der Waals surface area contributed by atoms with Crippen molar-refractivity contribution in [2.45, 2.75) is 44.3 Å². The third kappa shape index (κ3) is 0.948. The average molecular weight is 154 g/mol. The second kappa shape index (κ2) is 2.21. The van der Waals surface area contributed by atoms with E-state index >= 15 is 0 Å². The quantitative estimate of drug-likeness (QED) is 0.529. The summed E-state index contributed by atoms with van der Waals surface area (Å²) in [6, 6.07) is 0. The van der Waals surface area contributed by atoms with Crippen LogP contribution in [0.1, 0.15) is 32.6 Å². The van der Waals surface area contributed by atoms with Gasteiger partial charge in [0.15, 0.2) is 0 Å². The van der Waals surface area contributed by atoms with Gasteiger partial charge in [0.25, 0.3) is 0 Å². The zero-order valence-corrected chi connectivity index (χ0v) is 6.81. The molecule has 11 heavy (non-hydrogen) atoms. The first-order chi connectivity index (χ1) is 5.23. The van der Waals surface area contributed by atoms with Gasteiger partial charge in [0.1, 0.15) is 0 Å². The van der Waals surface area contributed by atoms with E-state index < -0.39 is 0 Å². The summed E-state index contributed by atoms with van der Waals surface area (Å²) in [5.74, 6) is 0.211. The lowest BCUT2D eigenvalue weighted by molar-refractivity contribution is -0.124. The normalized spacial score (nSPS) is 34.6. The van der Waals surface area contributed by atoms with Crippen LogP contribution >= 0.6 is 0 Å². The van der Waals surface area contributed by atoms with Gasteiger partial charge in [-0.1, -0.05) is 12.8 Å². The minimum Gasteiger partial charge on any atom is -0.339 e. The Labute approximate surface area is 66.5 Å². The fraction of sp³-hybridized carbons (Fsp3) is 0.875. The monoisotopic (exact) mass is 154 g/mol. The minimum absolute atomic E-state index is 0.167. The molecule has 0 aromatic carbocycles. The molecule has 0 aromatic heterocycles. The Morgan fingerprint density at radius 1 is 1.45 bits per heavy atom. The van der Waals surface area contributed by atoms with Crippen LogP contribution < -0.4 is 10.6 Å². The molecule has 1 unspecified atom stereocenters. The van der Waals surface area contributed by atoms with Gasteiger partial charge in [-0.25, -0.2) is 0 Å². The summed E-state index contributed by atoms with van der Waals surface area (Å²) in [7, 11) is 0. The number of rotatable bonds is 0. The van der Waals surface area contributed by atoms with Crippen molar-refractivity contribution in [3.05, 3.63) is 0 Å². The lowest BCUT2D eigenvalue weighted by Crippen LogP contribution is -2.44. The molecule has 62 valence electrons. The van der Waals surface area contributed by atoms with E-state index in [1.165, 1.54) is 12.8 Å². The molecule has 1 saturated carbocycles. The van der Waals surface area contributed by atoms with Crippen LogP contribution in [0.15, 0.2) is 0 Å². The molecule has 0 bridgehead atoms. The molecule has 0 aromatic rings. The average Bonchev–Trinajstić information content (AvgIpc) is 2.45. The number of hydrogen-bond acceptors (Lipinski definition) is 2. The third-order valence-corrected chi connectivity index (χ3v) is 2.73. The summed E-state index contributed by atoms with van der Waals surface area (Å²) < 4.78 is 0. The van der Waals surface area contributed by atoms with Crippen LogP contribution in [-0.2, 0) is 4.79 Å². The van der Waals surface area contributed by atoms with Gasteiger partial charge in [0, 0.05) is 0 Å². The van der Waals surface area contributed by atoms with E-state index in [0.717, 1.165) is 12.8 Å². The van der Waals surface area contributed by atoms with Crippen molar-refractivity contribution in [1.82, 2.24) is 10.6 Å². The first-order valence-corrected chi connectivity index (χ1v) is 4.32. The first-order valence-electron chi connectivity index (χ1n) is 4.32. The Kier molecular flexibility index (Phi) is 1.42. The van der Waals surface area contributed by atoms with Crippen molar-refractivity contribution in [3.63, 3.8) is 0 Å². The Morgan fingerprint density at radius 2 is 2.09 bits per heavy atom. The molecular weight excluding hydrogens is 140 g/mol. The molecule has 2 aliphatic rings. The molecule has 1 aliphatic heterocycles. The van der Waals surface area contributed by atoms with Crippen molar-refractivity contribution in [2.75, 3.05) is 0 Å². The molecule has 2 fully saturated rings. The zero-order valence-electron chi connectivity index (χ0n) is 6.81. The van der Waals surface area contributed by atoms with Gasteiger partial charge in [-0.2, -0.15) is 0 Å². The fourth-order valence-corrected chi connectivity index (χ4v) is 2.20. The van der Waals surface area contributed by atoms with Gasteiger partial charge >= 0.3 is 0 Å². The maximum atomic E-state index is 11.4. The van der Waals surface area contributed by atoms with Crippen LogP contribution in [0.4, 0.5) is 0 Å². The van der Waals surface area contributed by atoms with E-state index in [-0.39, 0.29) is 17.6 Å². The first kappa shape index (κ1) is 7.10. The van der Waals surface area contributed by atoms with Gasteiger partial charge in [-0.15, -0.1) is 0 Å². The minimum atomic E-state index is -0.181. The van der Waals surface area contributed by atoms with Crippen molar-refractivity contribution < 1.29 is 4.79 Å². The predicted octanol–water partition coefficient (Wildman–Crippen LogP) is 0.365. The Balaban J connectivity index is 2.18. The van der Waals surface area contributed by atoms with Gasteiger partial charge < -0.3 is 5.32 Å². The van der Waals surface area contributed by atoms with Crippen LogP contribution in [0, 0.1) is 0 Å². The Bertz CT molecular complexity index is 185. The Morgan fingerprint density at radius 3 is 2.55 bits per heavy atom. The molecule has 1 atom stereocenters. The SMILES string of the molecule is CC1NC(=O)C2(CCCC2)N1. The van der Waals surface area contributed by atoms with Crippen molar-refractivity contribution >= 4 is 5.91 Å². The van der Waals surface area contributed by atoms with Crippen molar-refractivity contribution in [2.24, 2.45) is 0 Å². The molecule has 3 heteroatoms. The molecule has 1 amide bonds.